The van der Waals surface area contributed by atoms with E-state index >= 15 is 0 Å². The summed E-state index contributed by atoms with van der Waals surface area (Å²) in [6.45, 7) is 6.14. The minimum atomic E-state index is -3.40. The lowest BCUT2D eigenvalue weighted by atomic mass is 10.1. The highest BCUT2D eigenvalue weighted by Gasteiger charge is 2.22. The number of nitrogens with zero attached hydrogens (tertiary/aromatic N) is 1. The van der Waals surface area contributed by atoms with Gasteiger partial charge in [-0.1, -0.05) is 43.7 Å². The zero-order chi connectivity index (χ0) is 16.2. The zero-order valence-electron chi connectivity index (χ0n) is 13.1. The van der Waals surface area contributed by atoms with Crippen LogP contribution in [0.5, 0.6) is 0 Å². The van der Waals surface area contributed by atoms with Gasteiger partial charge in [-0.15, -0.1) is 11.3 Å². The van der Waals surface area contributed by atoms with E-state index in [9.17, 15) is 8.42 Å². The molecule has 0 radical (unpaired) electrons. The van der Waals surface area contributed by atoms with Crippen LogP contribution < -0.4 is 4.72 Å². The number of aromatic nitrogens is 1. The molecule has 0 aliphatic rings. The van der Waals surface area contributed by atoms with Crippen LogP contribution in [0.25, 0.3) is 0 Å². The maximum Gasteiger partial charge on any atom is 0.216 e. The molecule has 0 saturated carbocycles. The lowest BCUT2D eigenvalue weighted by molar-refractivity contribution is 0.470. The van der Waals surface area contributed by atoms with Gasteiger partial charge in [0.2, 0.25) is 10.0 Å². The molecule has 1 unspecified atom stereocenters. The zero-order valence-corrected chi connectivity index (χ0v) is 14.7. The molecule has 1 aromatic heterocycles. The third-order valence-corrected chi connectivity index (χ3v) is 5.50. The third-order valence-electron chi connectivity index (χ3n) is 3.26. The second kappa shape index (κ2) is 7.35. The van der Waals surface area contributed by atoms with E-state index in [4.69, 9.17) is 0 Å². The van der Waals surface area contributed by atoms with Crippen molar-refractivity contribution in [3.05, 3.63) is 52.0 Å². The molecule has 2 aromatic rings. The van der Waals surface area contributed by atoms with Crippen molar-refractivity contribution >= 4 is 21.4 Å². The lowest BCUT2D eigenvalue weighted by Crippen LogP contribution is -2.30. The molecule has 0 saturated heterocycles. The minimum Gasteiger partial charge on any atom is -0.248 e. The van der Waals surface area contributed by atoms with E-state index in [2.05, 4.69) is 23.6 Å². The molecule has 120 valence electrons. The smallest absolute Gasteiger partial charge is 0.216 e. The van der Waals surface area contributed by atoms with Crippen molar-refractivity contribution in [1.82, 2.24) is 9.71 Å². The maximum absolute atomic E-state index is 12.4. The van der Waals surface area contributed by atoms with Gasteiger partial charge in [0.15, 0.2) is 0 Å². The normalized spacial score (nSPS) is 13.5. The SMILES string of the molecule is Cc1ccc(CS(=O)(=O)NC(CC(C)C)c2nccs2)cc1. The van der Waals surface area contributed by atoms with Crippen LogP contribution in [0.1, 0.15) is 42.4 Å². The fourth-order valence-corrected chi connectivity index (χ4v) is 4.37. The summed E-state index contributed by atoms with van der Waals surface area (Å²) in [5, 5.41) is 2.69. The summed E-state index contributed by atoms with van der Waals surface area (Å²) in [4.78, 5) is 4.26. The number of hydrogen-bond acceptors (Lipinski definition) is 4. The Bertz CT molecular complexity index is 677. The first-order valence-corrected chi connectivity index (χ1v) is 9.84. The van der Waals surface area contributed by atoms with Gasteiger partial charge in [-0.3, -0.25) is 0 Å². The van der Waals surface area contributed by atoms with Gasteiger partial charge in [0.1, 0.15) is 5.01 Å². The Morgan fingerprint density at radius 2 is 1.91 bits per heavy atom. The molecular formula is C16H22N2O2S2. The number of sulfonamides is 1. The van der Waals surface area contributed by atoms with Crippen LogP contribution in [0.4, 0.5) is 0 Å². The first-order valence-electron chi connectivity index (χ1n) is 7.30. The van der Waals surface area contributed by atoms with Crippen LogP contribution in [0.3, 0.4) is 0 Å². The number of nitrogens with one attached hydrogen (secondary N) is 1. The van der Waals surface area contributed by atoms with Crippen LogP contribution in [0, 0.1) is 12.8 Å². The Morgan fingerprint density at radius 3 is 2.45 bits per heavy atom. The minimum absolute atomic E-state index is 0.00670. The Kier molecular flexibility index (Phi) is 5.72. The van der Waals surface area contributed by atoms with Gasteiger partial charge in [0.05, 0.1) is 11.8 Å². The molecule has 6 heteroatoms. The molecule has 0 bridgehead atoms. The van der Waals surface area contributed by atoms with Crippen LogP contribution in [-0.4, -0.2) is 13.4 Å². The van der Waals surface area contributed by atoms with Gasteiger partial charge in [-0.25, -0.2) is 18.1 Å². The molecule has 1 atom stereocenters. The molecule has 2 rings (SSSR count). The molecule has 22 heavy (non-hydrogen) atoms. The summed E-state index contributed by atoms with van der Waals surface area (Å²) < 4.78 is 27.7. The Hall–Kier alpha value is -1.24. The summed E-state index contributed by atoms with van der Waals surface area (Å²) in [7, 11) is -3.40. The van der Waals surface area contributed by atoms with E-state index in [0.29, 0.717) is 5.92 Å². The fourth-order valence-electron chi connectivity index (χ4n) is 2.24. The summed E-state index contributed by atoms with van der Waals surface area (Å²) in [6.07, 6.45) is 2.45. The molecule has 0 aliphatic carbocycles. The highest BCUT2D eigenvalue weighted by molar-refractivity contribution is 7.88. The van der Waals surface area contributed by atoms with Gasteiger partial charge >= 0.3 is 0 Å². The average molecular weight is 338 g/mol. The number of hydrogen-bond donors (Lipinski definition) is 1. The Labute approximate surface area is 136 Å². The maximum atomic E-state index is 12.4. The van der Waals surface area contributed by atoms with Crippen LogP contribution in [0.2, 0.25) is 0 Å². The van der Waals surface area contributed by atoms with Gasteiger partial charge in [-0.2, -0.15) is 0 Å². The van der Waals surface area contributed by atoms with E-state index in [0.717, 1.165) is 22.6 Å². The Morgan fingerprint density at radius 1 is 1.23 bits per heavy atom. The van der Waals surface area contributed by atoms with Gasteiger partial charge < -0.3 is 0 Å². The van der Waals surface area contributed by atoms with Crippen molar-refractivity contribution in [3.8, 4) is 0 Å². The third kappa shape index (κ3) is 5.19. The van der Waals surface area contributed by atoms with Gasteiger partial charge in [-0.05, 0) is 24.8 Å². The number of rotatable bonds is 7. The summed E-state index contributed by atoms with van der Waals surface area (Å²) >= 11 is 1.48. The van der Waals surface area contributed by atoms with E-state index in [1.807, 2.05) is 36.6 Å². The summed E-state index contributed by atoms with van der Waals surface area (Å²) in [5.74, 6) is 0.378. The molecule has 1 N–H and O–H groups in total. The predicted octanol–water partition coefficient (Wildman–Crippen LogP) is 3.66. The van der Waals surface area contributed by atoms with E-state index in [1.165, 1.54) is 11.3 Å². The molecular weight excluding hydrogens is 316 g/mol. The first-order chi connectivity index (χ1) is 10.4. The monoisotopic (exact) mass is 338 g/mol. The summed E-state index contributed by atoms with van der Waals surface area (Å²) in [5.41, 5.74) is 1.91. The van der Waals surface area contributed by atoms with Crippen molar-refractivity contribution in [1.29, 1.82) is 0 Å². The Balaban J connectivity index is 2.12. The van der Waals surface area contributed by atoms with Crippen molar-refractivity contribution in [2.75, 3.05) is 0 Å². The standard InChI is InChI=1S/C16H22N2O2S2/c1-12(2)10-15(16-17-8-9-21-16)18-22(19,20)11-14-6-4-13(3)5-7-14/h4-9,12,15,18H,10-11H2,1-3H3. The van der Waals surface area contributed by atoms with Crippen molar-refractivity contribution in [2.24, 2.45) is 5.92 Å². The van der Waals surface area contributed by atoms with Crippen molar-refractivity contribution < 1.29 is 8.42 Å². The van der Waals surface area contributed by atoms with Gasteiger partial charge in [0, 0.05) is 11.6 Å². The molecule has 1 aromatic carbocycles. The number of aryl methyl sites for hydroxylation is 1. The molecule has 0 spiro atoms. The topological polar surface area (TPSA) is 59.1 Å². The number of thiazole rings is 1. The lowest BCUT2D eigenvalue weighted by Gasteiger charge is -2.18. The fraction of sp³-hybridized carbons (Fsp3) is 0.438. The molecule has 0 fully saturated rings. The van der Waals surface area contributed by atoms with Gasteiger partial charge in [0.25, 0.3) is 0 Å². The number of benzene rings is 1. The van der Waals surface area contributed by atoms with E-state index in [-0.39, 0.29) is 11.8 Å². The van der Waals surface area contributed by atoms with Crippen LogP contribution in [-0.2, 0) is 15.8 Å². The largest absolute Gasteiger partial charge is 0.248 e. The molecule has 4 nitrogen and oxygen atoms in total. The van der Waals surface area contributed by atoms with Crippen LogP contribution >= 0.6 is 11.3 Å². The second-order valence-electron chi connectivity index (χ2n) is 5.92. The van der Waals surface area contributed by atoms with E-state index < -0.39 is 10.0 Å². The molecule has 0 aliphatic heterocycles. The van der Waals surface area contributed by atoms with Crippen LogP contribution in [0.15, 0.2) is 35.8 Å². The highest BCUT2D eigenvalue weighted by Crippen LogP contribution is 2.24. The molecule has 1 heterocycles. The van der Waals surface area contributed by atoms with Crippen molar-refractivity contribution in [3.63, 3.8) is 0 Å². The molecule has 0 amide bonds. The second-order valence-corrected chi connectivity index (χ2v) is 8.60. The first kappa shape index (κ1) is 17.1. The summed E-state index contributed by atoms with van der Waals surface area (Å²) in [6, 6.07) is 7.31. The average Bonchev–Trinajstić information content (AvgIpc) is 2.93. The van der Waals surface area contributed by atoms with Crippen molar-refractivity contribution in [2.45, 2.75) is 39.0 Å². The predicted molar refractivity (Wildman–Crippen MR) is 91.2 cm³/mol. The quantitative estimate of drug-likeness (QED) is 0.838. The van der Waals surface area contributed by atoms with E-state index in [1.54, 1.807) is 6.20 Å². The highest BCUT2D eigenvalue weighted by atomic mass is 32.2.